The summed E-state index contributed by atoms with van der Waals surface area (Å²) in [5.74, 6) is -1.42. The van der Waals surface area contributed by atoms with Crippen molar-refractivity contribution in [2.24, 2.45) is 34.3 Å². The van der Waals surface area contributed by atoms with E-state index < -0.39 is 23.8 Å². The fourth-order valence-electron chi connectivity index (χ4n) is 4.75. The van der Waals surface area contributed by atoms with Gasteiger partial charge in [0.25, 0.3) is 5.91 Å². The molecule has 3 N–H and O–H groups in total. The first-order chi connectivity index (χ1) is 12.8. The summed E-state index contributed by atoms with van der Waals surface area (Å²) in [6.45, 7) is 10.8. The Kier molecular flexibility index (Phi) is 5.09. The van der Waals surface area contributed by atoms with Crippen molar-refractivity contribution in [2.75, 3.05) is 6.54 Å². The van der Waals surface area contributed by atoms with E-state index in [4.69, 9.17) is 5.73 Å². The number of hydrogen-bond acceptors (Lipinski definition) is 4. The fraction of sp³-hybridized carbons (Fsp3) is 0.810. The third-order valence-corrected chi connectivity index (χ3v) is 6.62. The Morgan fingerprint density at radius 3 is 2.29 bits per heavy atom. The molecule has 0 aromatic rings. The van der Waals surface area contributed by atoms with Gasteiger partial charge in [0.15, 0.2) is 0 Å². The molecule has 7 nitrogen and oxygen atoms in total. The van der Waals surface area contributed by atoms with Crippen LogP contribution in [0, 0.1) is 28.6 Å². The van der Waals surface area contributed by atoms with Gasteiger partial charge in [0.2, 0.25) is 17.6 Å². The van der Waals surface area contributed by atoms with E-state index in [0.29, 0.717) is 31.2 Å². The minimum atomic E-state index is -1.03. The molecular weight excluding hydrogens is 358 g/mol. The Labute approximate surface area is 166 Å². The van der Waals surface area contributed by atoms with Gasteiger partial charge in [-0.3, -0.25) is 19.2 Å². The zero-order chi connectivity index (χ0) is 21.0. The molecule has 1 aliphatic heterocycles. The van der Waals surface area contributed by atoms with Crippen LogP contribution in [-0.4, -0.2) is 47.0 Å². The van der Waals surface area contributed by atoms with E-state index in [1.807, 2.05) is 20.8 Å². The van der Waals surface area contributed by atoms with Crippen LogP contribution in [0.2, 0.25) is 0 Å². The summed E-state index contributed by atoms with van der Waals surface area (Å²) in [5, 5.41) is 2.77. The van der Waals surface area contributed by atoms with Gasteiger partial charge in [-0.25, -0.2) is 0 Å². The number of rotatable bonds is 7. The van der Waals surface area contributed by atoms with Crippen molar-refractivity contribution in [3.63, 3.8) is 0 Å². The molecule has 0 aromatic heterocycles. The molecule has 0 radical (unpaired) electrons. The van der Waals surface area contributed by atoms with Crippen LogP contribution in [0.15, 0.2) is 0 Å². The highest BCUT2D eigenvalue weighted by molar-refractivity contribution is 6.37. The Hall–Kier alpha value is -1.92. The second kappa shape index (κ2) is 6.85. The molecule has 2 saturated carbocycles. The summed E-state index contributed by atoms with van der Waals surface area (Å²) in [6.07, 6.45) is 2.79. The summed E-state index contributed by atoms with van der Waals surface area (Å²) in [4.78, 5) is 51.4. The van der Waals surface area contributed by atoms with Gasteiger partial charge >= 0.3 is 0 Å². The monoisotopic (exact) mass is 391 g/mol. The fourth-order valence-corrected chi connectivity index (χ4v) is 4.75. The Morgan fingerprint density at radius 1 is 1.18 bits per heavy atom. The average Bonchev–Trinajstić information content (AvgIpc) is 3.39. The van der Waals surface area contributed by atoms with Crippen LogP contribution in [0.3, 0.4) is 0 Å². The smallest absolute Gasteiger partial charge is 0.287 e. The van der Waals surface area contributed by atoms with Gasteiger partial charge in [0.05, 0.1) is 6.04 Å². The Bertz CT molecular complexity index is 705. The van der Waals surface area contributed by atoms with E-state index in [1.54, 1.807) is 4.90 Å². The van der Waals surface area contributed by atoms with Gasteiger partial charge < -0.3 is 16.0 Å². The third kappa shape index (κ3) is 4.08. The lowest BCUT2D eigenvalue weighted by Crippen LogP contribution is -2.55. The van der Waals surface area contributed by atoms with Crippen LogP contribution in [0.5, 0.6) is 0 Å². The standard InChI is InChI=1S/C21H33N3O4/c1-20(2,3)9-14(25)24-10-12-15(21(12,4)5)16(24)19(28)23-13(8-11-6-7-11)17(26)18(22)27/h11-13,15-16H,6-10H2,1-5H3,(H2,22,27)(H,23,28)/t12-,13?,15-,16-/m0/s1. The Morgan fingerprint density at radius 2 is 1.79 bits per heavy atom. The SMILES string of the molecule is CC(C)(C)CC(=O)N1C[C@H]2[C@@H]([C@H]1C(=O)NC(CC1CC1)C(=O)C(N)=O)C2(C)C. The molecule has 1 unspecified atom stereocenters. The first-order valence-corrected chi connectivity index (χ1v) is 10.3. The maximum absolute atomic E-state index is 13.2. The van der Waals surface area contributed by atoms with Crippen LogP contribution < -0.4 is 11.1 Å². The van der Waals surface area contributed by atoms with Crippen molar-refractivity contribution in [3.8, 4) is 0 Å². The van der Waals surface area contributed by atoms with Gasteiger partial charge in [0, 0.05) is 13.0 Å². The van der Waals surface area contributed by atoms with Crippen molar-refractivity contribution in [2.45, 2.75) is 72.4 Å². The molecule has 1 saturated heterocycles. The van der Waals surface area contributed by atoms with Crippen LogP contribution >= 0.6 is 0 Å². The number of hydrogen-bond donors (Lipinski definition) is 2. The molecule has 28 heavy (non-hydrogen) atoms. The van der Waals surface area contributed by atoms with E-state index in [-0.39, 0.29) is 28.6 Å². The van der Waals surface area contributed by atoms with Crippen LogP contribution in [-0.2, 0) is 19.2 Å². The summed E-state index contributed by atoms with van der Waals surface area (Å²) in [7, 11) is 0. The first-order valence-electron chi connectivity index (χ1n) is 10.3. The number of piperidine rings is 1. The number of primary amides is 1. The summed E-state index contributed by atoms with van der Waals surface area (Å²) in [6, 6.07) is -1.48. The molecule has 2 aliphatic carbocycles. The molecule has 3 rings (SSSR count). The minimum absolute atomic E-state index is 0.000202. The highest BCUT2D eigenvalue weighted by Crippen LogP contribution is 2.65. The number of carbonyl (C=O) groups is 4. The lowest BCUT2D eigenvalue weighted by atomic mass is 9.90. The second-order valence-electron chi connectivity index (χ2n) is 10.7. The lowest BCUT2D eigenvalue weighted by Gasteiger charge is -2.33. The van der Waals surface area contributed by atoms with E-state index in [2.05, 4.69) is 19.2 Å². The van der Waals surface area contributed by atoms with E-state index in [1.165, 1.54) is 0 Å². The number of nitrogens with one attached hydrogen (secondary N) is 1. The molecule has 0 bridgehead atoms. The number of carbonyl (C=O) groups excluding carboxylic acids is 4. The topological polar surface area (TPSA) is 110 Å². The van der Waals surface area contributed by atoms with E-state index in [0.717, 1.165) is 12.8 Å². The molecule has 3 amide bonds. The quantitative estimate of drug-likeness (QED) is 0.636. The molecule has 4 atom stereocenters. The zero-order valence-electron chi connectivity index (χ0n) is 17.6. The molecular formula is C21H33N3O4. The van der Waals surface area contributed by atoms with Gasteiger partial charge in [-0.15, -0.1) is 0 Å². The Balaban J connectivity index is 1.76. The van der Waals surface area contributed by atoms with Gasteiger partial charge in [-0.2, -0.15) is 0 Å². The predicted molar refractivity (Wildman–Crippen MR) is 104 cm³/mol. The number of likely N-dealkylation sites (tertiary alicyclic amines) is 1. The molecule has 0 aromatic carbocycles. The van der Waals surface area contributed by atoms with Crippen molar-refractivity contribution in [1.29, 1.82) is 0 Å². The summed E-state index contributed by atoms with van der Waals surface area (Å²) in [5.41, 5.74) is 5.01. The van der Waals surface area contributed by atoms with Crippen molar-refractivity contribution >= 4 is 23.5 Å². The maximum atomic E-state index is 13.2. The van der Waals surface area contributed by atoms with Crippen molar-refractivity contribution in [3.05, 3.63) is 0 Å². The van der Waals surface area contributed by atoms with E-state index in [9.17, 15) is 19.2 Å². The summed E-state index contributed by atoms with van der Waals surface area (Å²) >= 11 is 0. The van der Waals surface area contributed by atoms with Crippen LogP contribution in [0.1, 0.15) is 60.3 Å². The van der Waals surface area contributed by atoms with Crippen molar-refractivity contribution in [1.82, 2.24) is 10.2 Å². The maximum Gasteiger partial charge on any atom is 0.287 e. The number of nitrogens with two attached hydrogens (primary N) is 1. The number of Topliss-reactive ketones (excluding diaryl/α,β-unsaturated/α-hetero) is 1. The predicted octanol–water partition coefficient (Wildman–Crippen LogP) is 1.24. The third-order valence-electron chi connectivity index (χ3n) is 6.62. The largest absolute Gasteiger partial charge is 0.363 e. The lowest BCUT2D eigenvalue weighted by molar-refractivity contribution is -0.143. The number of amides is 3. The highest BCUT2D eigenvalue weighted by Gasteiger charge is 2.69. The van der Waals surface area contributed by atoms with Crippen LogP contribution in [0.25, 0.3) is 0 Å². The molecule has 3 aliphatic rings. The number of fused-ring (bicyclic) bond motifs is 1. The van der Waals surface area contributed by atoms with Crippen molar-refractivity contribution < 1.29 is 19.2 Å². The molecule has 3 fully saturated rings. The van der Waals surface area contributed by atoms with Gasteiger partial charge in [0.1, 0.15) is 6.04 Å². The highest BCUT2D eigenvalue weighted by atomic mass is 16.2. The minimum Gasteiger partial charge on any atom is -0.363 e. The molecule has 0 spiro atoms. The van der Waals surface area contributed by atoms with Gasteiger partial charge in [-0.1, -0.05) is 47.5 Å². The normalized spacial score (nSPS) is 29.0. The number of ketones is 1. The second-order valence-corrected chi connectivity index (χ2v) is 10.7. The van der Waals surface area contributed by atoms with E-state index >= 15 is 0 Å². The zero-order valence-corrected chi connectivity index (χ0v) is 17.6. The number of nitrogens with zero attached hydrogens (tertiary/aromatic N) is 1. The summed E-state index contributed by atoms with van der Waals surface area (Å²) < 4.78 is 0. The van der Waals surface area contributed by atoms with Gasteiger partial charge in [-0.05, 0) is 35.0 Å². The first kappa shape index (κ1) is 20.8. The molecule has 156 valence electrons. The average molecular weight is 392 g/mol. The molecule has 1 heterocycles. The van der Waals surface area contributed by atoms with Crippen LogP contribution in [0.4, 0.5) is 0 Å². The molecule has 7 heteroatoms.